The van der Waals surface area contributed by atoms with Gasteiger partial charge in [0.25, 0.3) is 0 Å². The molecule has 0 amide bonds. The molecule has 0 bridgehead atoms. The number of ether oxygens (including phenoxy) is 2. The maximum atomic E-state index is 5.98. The lowest BCUT2D eigenvalue weighted by Gasteiger charge is -2.36. The van der Waals surface area contributed by atoms with Crippen LogP contribution in [0.1, 0.15) is 39.1 Å². The molecule has 5 nitrogen and oxygen atoms in total. The predicted octanol–water partition coefficient (Wildman–Crippen LogP) is 1.75. The quantitative estimate of drug-likeness (QED) is 0.863. The van der Waals surface area contributed by atoms with Crippen LogP contribution in [0.2, 0.25) is 0 Å². The minimum atomic E-state index is -0.104. The van der Waals surface area contributed by atoms with Gasteiger partial charge in [-0.3, -0.25) is 4.68 Å². The highest BCUT2D eigenvalue weighted by atomic mass is 16.5. The van der Waals surface area contributed by atoms with E-state index in [0.29, 0.717) is 13.2 Å². The Bertz CT molecular complexity index is 429. The van der Waals surface area contributed by atoms with Crippen LogP contribution >= 0.6 is 0 Å². The first-order chi connectivity index (χ1) is 9.54. The van der Waals surface area contributed by atoms with Crippen molar-refractivity contribution in [2.45, 2.75) is 59.0 Å². The van der Waals surface area contributed by atoms with Gasteiger partial charge in [-0.05, 0) is 33.3 Å². The van der Waals surface area contributed by atoms with E-state index in [1.54, 1.807) is 0 Å². The first-order valence-electron chi connectivity index (χ1n) is 7.56. The minimum Gasteiger partial charge on any atom is -0.372 e. The van der Waals surface area contributed by atoms with E-state index in [0.717, 1.165) is 37.4 Å². The largest absolute Gasteiger partial charge is 0.372 e. The Hall–Kier alpha value is -0.910. The summed E-state index contributed by atoms with van der Waals surface area (Å²) < 4.78 is 13.8. The minimum absolute atomic E-state index is 0.104. The van der Waals surface area contributed by atoms with Gasteiger partial charge in [-0.1, -0.05) is 6.92 Å². The summed E-state index contributed by atoms with van der Waals surface area (Å²) in [6.45, 7) is 12.3. The maximum absolute atomic E-state index is 5.98. The summed E-state index contributed by atoms with van der Waals surface area (Å²) in [5.41, 5.74) is 2.17. The Kier molecular flexibility index (Phi) is 5.18. The molecule has 5 heteroatoms. The molecule has 1 aliphatic heterocycles. The third-order valence-electron chi connectivity index (χ3n) is 3.54. The van der Waals surface area contributed by atoms with Gasteiger partial charge in [0.2, 0.25) is 0 Å². The van der Waals surface area contributed by atoms with Crippen LogP contribution in [0, 0.1) is 0 Å². The van der Waals surface area contributed by atoms with E-state index in [1.807, 2.05) is 4.68 Å². The lowest BCUT2D eigenvalue weighted by Crippen LogP contribution is -2.51. The predicted molar refractivity (Wildman–Crippen MR) is 78.8 cm³/mol. The third kappa shape index (κ3) is 4.04. The van der Waals surface area contributed by atoms with E-state index in [4.69, 9.17) is 9.47 Å². The van der Waals surface area contributed by atoms with Crippen LogP contribution in [0.4, 0.5) is 0 Å². The van der Waals surface area contributed by atoms with E-state index in [2.05, 4.69) is 44.2 Å². The molecule has 20 heavy (non-hydrogen) atoms. The Morgan fingerprint density at radius 2 is 2.30 bits per heavy atom. The van der Waals surface area contributed by atoms with Gasteiger partial charge < -0.3 is 14.8 Å². The van der Waals surface area contributed by atoms with Gasteiger partial charge in [-0.25, -0.2) is 0 Å². The van der Waals surface area contributed by atoms with Crippen molar-refractivity contribution in [1.82, 2.24) is 15.1 Å². The van der Waals surface area contributed by atoms with Crippen molar-refractivity contribution >= 4 is 0 Å². The molecule has 1 saturated heterocycles. The van der Waals surface area contributed by atoms with Crippen LogP contribution in [0.3, 0.4) is 0 Å². The summed E-state index contributed by atoms with van der Waals surface area (Å²) in [6.07, 6.45) is 1.09. The summed E-state index contributed by atoms with van der Waals surface area (Å²) in [4.78, 5) is 0. The Morgan fingerprint density at radius 3 is 2.95 bits per heavy atom. The first kappa shape index (κ1) is 15.5. The van der Waals surface area contributed by atoms with Crippen molar-refractivity contribution in [3.8, 4) is 0 Å². The molecule has 0 aliphatic carbocycles. The van der Waals surface area contributed by atoms with Crippen LogP contribution in [0.15, 0.2) is 6.07 Å². The van der Waals surface area contributed by atoms with Crippen molar-refractivity contribution in [2.75, 3.05) is 19.7 Å². The Labute approximate surface area is 121 Å². The van der Waals surface area contributed by atoms with Gasteiger partial charge >= 0.3 is 0 Å². The number of aryl methyl sites for hydroxylation is 2. The van der Waals surface area contributed by atoms with Gasteiger partial charge in [0.15, 0.2) is 0 Å². The zero-order valence-electron chi connectivity index (χ0n) is 13.1. The topological polar surface area (TPSA) is 48.3 Å². The lowest BCUT2D eigenvalue weighted by atomic mass is 10.1. The first-order valence-corrected chi connectivity index (χ1v) is 7.56. The maximum Gasteiger partial charge on any atom is 0.0940 e. The molecule has 1 unspecified atom stereocenters. The van der Waals surface area contributed by atoms with Crippen LogP contribution in [-0.4, -0.2) is 41.2 Å². The van der Waals surface area contributed by atoms with E-state index < -0.39 is 0 Å². The molecular weight excluding hydrogens is 254 g/mol. The van der Waals surface area contributed by atoms with Crippen LogP contribution in [0.5, 0.6) is 0 Å². The number of rotatable bonds is 6. The molecule has 0 radical (unpaired) electrons. The molecule has 0 spiro atoms. The van der Waals surface area contributed by atoms with E-state index in [-0.39, 0.29) is 11.7 Å². The summed E-state index contributed by atoms with van der Waals surface area (Å²) in [5.74, 6) is 0. The smallest absolute Gasteiger partial charge is 0.0940 e. The number of hydrogen-bond acceptors (Lipinski definition) is 4. The fraction of sp³-hybridized carbons (Fsp3) is 0.800. The van der Waals surface area contributed by atoms with Gasteiger partial charge in [-0.2, -0.15) is 5.10 Å². The zero-order valence-corrected chi connectivity index (χ0v) is 13.1. The summed E-state index contributed by atoms with van der Waals surface area (Å²) in [6, 6.07) is 2.13. The molecule has 0 aromatic carbocycles. The molecule has 2 heterocycles. The van der Waals surface area contributed by atoms with E-state index >= 15 is 0 Å². The Balaban J connectivity index is 1.82. The fourth-order valence-electron chi connectivity index (χ4n) is 2.53. The van der Waals surface area contributed by atoms with Gasteiger partial charge in [0.05, 0.1) is 36.3 Å². The van der Waals surface area contributed by atoms with Crippen LogP contribution in [-0.2, 0) is 29.0 Å². The normalized spacial score (nSPS) is 22.1. The molecule has 1 aromatic rings. The van der Waals surface area contributed by atoms with E-state index in [9.17, 15) is 0 Å². The van der Waals surface area contributed by atoms with Gasteiger partial charge in [0.1, 0.15) is 0 Å². The van der Waals surface area contributed by atoms with Crippen molar-refractivity contribution in [2.24, 2.45) is 0 Å². The van der Waals surface area contributed by atoms with E-state index in [1.165, 1.54) is 0 Å². The average molecular weight is 281 g/mol. The highest BCUT2D eigenvalue weighted by Gasteiger charge is 2.28. The van der Waals surface area contributed by atoms with Crippen LogP contribution < -0.4 is 5.32 Å². The van der Waals surface area contributed by atoms with Crippen molar-refractivity contribution in [3.05, 3.63) is 17.5 Å². The second kappa shape index (κ2) is 6.70. The fourth-order valence-corrected chi connectivity index (χ4v) is 2.53. The number of morpholine rings is 1. The number of hydrogen-bond donors (Lipinski definition) is 1. The molecule has 1 fully saturated rings. The molecule has 114 valence electrons. The third-order valence-corrected chi connectivity index (χ3v) is 3.54. The second-order valence-electron chi connectivity index (χ2n) is 5.94. The highest BCUT2D eigenvalue weighted by molar-refractivity contribution is 5.09. The lowest BCUT2D eigenvalue weighted by molar-refractivity contribution is -0.122. The van der Waals surface area contributed by atoms with Gasteiger partial charge in [0, 0.05) is 19.6 Å². The van der Waals surface area contributed by atoms with Crippen molar-refractivity contribution in [3.63, 3.8) is 0 Å². The molecule has 1 atom stereocenters. The number of aromatic nitrogens is 2. The average Bonchev–Trinajstić information content (AvgIpc) is 2.80. The van der Waals surface area contributed by atoms with Gasteiger partial charge in [-0.15, -0.1) is 0 Å². The highest BCUT2D eigenvalue weighted by Crippen LogP contribution is 2.16. The zero-order chi connectivity index (χ0) is 14.6. The van der Waals surface area contributed by atoms with Crippen molar-refractivity contribution < 1.29 is 9.47 Å². The summed E-state index contributed by atoms with van der Waals surface area (Å²) in [5, 5.41) is 7.92. The molecule has 0 saturated carbocycles. The summed E-state index contributed by atoms with van der Waals surface area (Å²) in [7, 11) is 0. The molecular formula is C15H27N3O2. The molecule has 1 N–H and O–H groups in total. The standard InChI is InChI=1S/C15H27N3O2/c1-5-12-7-13(18(6-2)17-12)9-19-10-14-8-16-11-15(3,4)20-14/h7,14,16H,5-6,8-11H2,1-4H3. The summed E-state index contributed by atoms with van der Waals surface area (Å²) >= 11 is 0. The SMILES string of the molecule is CCc1cc(COCC2CNCC(C)(C)O2)n(CC)n1. The number of nitrogens with zero attached hydrogens (tertiary/aromatic N) is 2. The van der Waals surface area contributed by atoms with Crippen LogP contribution in [0.25, 0.3) is 0 Å². The second-order valence-corrected chi connectivity index (χ2v) is 5.94. The van der Waals surface area contributed by atoms with Crippen molar-refractivity contribution in [1.29, 1.82) is 0 Å². The Morgan fingerprint density at radius 1 is 1.50 bits per heavy atom. The molecule has 2 rings (SSSR count). The molecule has 1 aromatic heterocycles. The molecule has 1 aliphatic rings. The number of nitrogens with one attached hydrogen (secondary N) is 1. The monoisotopic (exact) mass is 281 g/mol.